The van der Waals surface area contributed by atoms with Crippen LogP contribution in [-0.4, -0.2) is 15.0 Å². The molecule has 4 rings (SSSR count). The van der Waals surface area contributed by atoms with Crippen LogP contribution in [-0.2, 0) is 30.9 Å². The molecule has 4 aromatic rings. The molecule has 0 atom stereocenters. The molecule has 1 heterocycles. The van der Waals surface area contributed by atoms with Crippen LogP contribution in [0.4, 0.5) is 5.69 Å². The standard InChI is InChI=1S/C28H24N4O4/c29-15-13-21-9-11-25(12-10-21)36-20-23-7-4-8-24(17-23)30-26(33)19-32-27(34)14-16-31(28(32)35)18-22-5-2-1-3-6-22/h1-12,14,16-17H,13,18-20H2,(H,30,33). The Kier molecular flexibility index (Phi) is 7.73. The minimum atomic E-state index is -0.551. The number of aromatic nitrogens is 2. The van der Waals surface area contributed by atoms with Gasteiger partial charge in [0.15, 0.2) is 0 Å². The van der Waals surface area contributed by atoms with E-state index < -0.39 is 23.7 Å². The molecule has 1 N–H and O–H groups in total. The maximum Gasteiger partial charge on any atom is 0.331 e. The van der Waals surface area contributed by atoms with Crippen LogP contribution >= 0.6 is 0 Å². The molecule has 0 aliphatic carbocycles. The van der Waals surface area contributed by atoms with Crippen LogP contribution in [0.25, 0.3) is 0 Å². The third-order valence-corrected chi connectivity index (χ3v) is 5.46. The first-order chi connectivity index (χ1) is 17.5. The summed E-state index contributed by atoms with van der Waals surface area (Å²) in [6, 6.07) is 27.2. The molecule has 1 aromatic heterocycles. The lowest BCUT2D eigenvalue weighted by Gasteiger charge is -2.11. The Morgan fingerprint density at radius 3 is 2.39 bits per heavy atom. The molecule has 0 saturated heterocycles. The molecule has 0 spiro atoms. The van der Waals surface area contributed by atoms with Gasteiger partial charge in [-0.15, -0.1) is 0 Å². The highest BCUT2D eigenvalue weighted by molar-refractivity contribution is 5.90. The number of carbonyl (C=O) groups excluding carboxylic acids is 1. The average Bonchev–Trinajstić information content (AvgIpc) is 2.89. The number of nitrogens with one attached hydrogen (secondary N) is 1. The van der Waals surface area contributed by atoms with Gasteiger partial charge in [0.25, 0.3) is 5.56 Å². The number of amides is 1. The predicted molar refractivity (Wildman–Crippen MR) is 136 cm³/mol. The van der Waals surface area contributed by atoms with Crippen LogP contribution in [0, 0.1) is 11.3 Å². The van der Waals surface area contributed by atoms with E-state index >= 15 is 0 Å². The van der Waals surface area contributed by atoms with E-state index in [2.05, 4.69) is 11.4 Å². The summed E-state index contributed by atoms with van der Waals surface area (Å²) >= 11 is 0. The number of carbonyl (C=O) groups is 1. The maximum atomic E-state index is 12.8. The molecule has 3 aromatic carbocycles. The third-order valence-electron chi connectivity index (χ3n) is 5.46. The molecule has 8 heteroatoms. The van der Waals surface area contributed by atoms with Crippen molar-refractivity contribution in [2.24, 2.45) is 0 Å². The number of nitrogens with zero attached hydrogens (tertiary/aromatic N) is 3. The Bertz CT molecular complexity index is 1500. The number of hydrogen-bond donors (Lipinski definition) is 1. The summed E-state index contributed by atoms with van der Waals surface area (Å²) in [5, 5.41) is 11.5. The Labute approximate surface area is 207 Å². The van der Waals surface area contributed by atoms with Crippen LogP contribution in [0.5, 0.6) is 5.75 Å². The van der Waals surface area contributed by atoms with E-state index in [9.17, 15) is 14.4 Å². The fourth-order valence-corrected chi connectivity index (χ4v) is 3.65. The van der Waals surface area contributed by atoms with Gasteiger partial charge in [-0.1, -0.05) is 54.6 Å². The molecule has 0 aliphatic heterocycles. The second-order valence-corrected chi connectivity index (χ2v) is 8.15. The summed E-state index contributed by atoms with van der Waals surface area (Å²) in [7, 11) is 0. The van der Waals surface area contributed by atoms with Crippen LogP contribution in [0.3, 0.4) is 0 Å². The zero-order valence-electron chi connectivity index (χ0n) is 19.5. The summed E-state index contributed by atoms with van der Waals surface area (Å²) < 4.78 is 8.10. The topological polar surface area (TPSA) is 106 Å². The zero-order chi connectivity index (χ0) is 25.3. The summed E-state index contributed by atoms with van der Waals surface area (Å²) in [5.74, 6) is 0.180. The minimum absolute atomic E-state index is 0.281. The number of rotatable bonds is 9. The normalized spacial score (nSPS) is 10.4. The van der Waals surface area contributed by atoms with Crippen LogP contribution in [0.15, 0.2) is 101 Å². The Morgan fingerprint density at radius 2 is 1.64 bits per heavy atom. The molecular weight excluding hydrogens is 456 g/mol. The largest absolute Gasteiger partial charge is 0.489 e. The highest BCUT2D eigenvalue weighted by atomic mass is 16.5. The molecule has 0 unspecified atom stereocenters. The lowest BCUT2D eigenvalue weighted by molar-refractivity contribution is -0.116. The van der Waals surface area contributed by atoms with E-state index in [-0.39, 0.29) is 6.61 Å². The molecule has 36 heavy (non-hydrogen) atoms. The Morgan fingerprint density at radius 1 is 0.889 bits per heavy atom. The van der Waals surface area contributed by atoms with Crippen molar-refractivity contribution >= 4 is 11.6 Å². The summed E-state index contributed by atoms with van der Waals surface area (Å²) in [6.45, 7) is 0.178. The van der Waals surface area contributed by atoms with Gasteiger partial charge in [0, 0.05) is 18.0 Å². The van der Waals surface area contributed by atoms with Gasteiger partial charge < -0.3 is 10.1 Å². The average molecular weight is 481 g/mol. The molecule has 0 aliphatic rings. The molecule has 180 valence electrons. The molecule has 0 fully saturated rings. The monoisotopic (exact) mass is 480 g/mol. The number of benzene rings is 3. The van der Waals surface area contributed by atoms with Gasteiger partial charge in [0.1, 0.15) is 18.9 Å². The fourth-order valence-electron chi connectivity index (χ4n) is 3.65. The summed E-state index contributed by atoms with van der Waals surface area (Å²) in [6.07, 6.45) is 1.78. The van der Waals surface area contributed by atoms with E-state index in [0.29, 0.717) is 24.4 Å². The molecule has 0 bridgehead atoms. The van der Waals surface area contributed by atoms with Crippen molar-refractivity contribution in [3.05, 3.63) is 129 Å². The third kappa shape index (κ3) is 6.36. The van der Waals surface area contributed by atoms with Crippen LogP contribution in [0.2, 0.25) is 0 Å². The number of anilines is 1. The van der Waals surface area contributed by atoms with Gasteiger partial charge in [0.2, 0.25) is 5.91 Å². The predicted octanol–water partition coefficient (Wildman–Crippen LogP) is 3.34. The summed E-state index contributed by atoms with van der Waals surface area (Å²) in [5.41, 5.74) is 2.09. The molecule has 1 amide bonds. The van der Waals surface area contributed by atoms with Crippen molar-refractivity contribution in [3.63, 3.8) is 0 Å². The van der Waals surface area contributed by atoms with Gasteiger partial charge in [-0.25, -0.2) is 4.79 Å². The maximum absolute atomic E-state index is 12.8. The van der Waals surface area contributed by atoms with E-state index in [4.69, 9.17) is 10.00 Å². The fraction of sp³-hybridized carbons (Fsp3) is 0.143. The Balaban J connectivity index is 1.39. The van der Waals surface area contributed by atoms with Gasteiger partial charge in [-0.05, 0) is 41.0 Å². The van der Waals surface area contributed by atoms with Crippen LogP contribution < -0.4 is 21.3 Å². The van der Waals surface area contributed by atoms with E-state index in [1.54, 1.807) is 30.3 Å². The van der Waals surface area contributed by atoms with Gasteiger partial charge in [0.05, 0.1) is 19.0 Å². The second-order valence-electron chi connectivity index (χ2n) is 8.15. The number of nitriles is 1. The quantitative estimate of drug-likeness (QED) is 0.396. The molecule has 8 nitrogen and oxygen atoms in total. The number of hydrogen-bond acceptors (Lipinski definition) is 5. The molecule has 0 saturated carbocycles. The number of ether oxygens (including phenoxy) is 1. The van der Waals surface area contributed by atoms with Crippen molar-refractivity contribution < 1.29 is 9.53 Å². The smallest absolute Gasteiger partial charge is 0.331 e. The highest BCUT2D eigenvalue weighted by Crippen LogP contribution is 2.16. The van der Waals surface area contributed by atoms with Crippen molar-refractivity contribution in [2.75, 3.05) is 5.32 Å². The highest BCUT2D eigenvalue weighted by Gasteiger charge is 2.11. The lowest BCUT2D eigenvalue weighted by atomic mass is 10.1. The van der Waals surface area contributed by atoms with E-state index in [1.165, 1.54) is 16.8 Å². The van der Waals surface area contributed by atoms with Gasteiger partial charge in [-0.3, -0.25) is 18.7 Å². The van der Waals surface area contributed by atoms with Crippen molar-refractivity contribution in [1.29, 1.82) is 5.26 Å². The first kappa shape index (κ1) is 24.2. The summed E-state index contributed by atoms with van der Waals surface area (Å²) in [4.78, 5) is 37.8. The molecular formula is C28H24N4O4. The SMILES string of the molecule is N#CCc1ccc(OCc2cccc(NC(=O)Cn3c(=O)ccn(Cc4ccccc4)c3=O)c2)cc1. The lowest BCUT2D eigenvalue weighted by Crippen LogP contribution is -2.41. The minimum Gasteiger partial charge on any atom is -0.489 e. The van der Waals surface area contributed by atoms with E-state index in [0.717, 1.165) is 21.3 Å². The van der Waals surface area contributed by atoms with Gasteiger partial charge in [-0.2, -0.15) is 5.26 Å². The van der Waals surface area contributed by atoms with E-state index in [1.807, 2.05) is 48.5 Å². The Hall–Kier alpha value is -4.90. The van der Waals surface area contributed by atoms with Gasteiger partial charge >= 0.3 is 5.69 Å². The second kappa shape index (κ2) is 11.5. The van der Waals surface area contributed by atoms with Crippen molar-refractivity contribution in [2.45, 2.75) is 26.1 Å². The van der Waals surface area contributed by atoms with Crippen molar-refractivity contribution in [1.82, 2.24) is 9.13 Å². The zero-order valence-corrected chi connectivity index (χ0v) is 19.5. The first-order valence-corrected chi connectivity index (χ1v) is 11.3. The first-order valence-electron chi connectivity index (χ1n) is 11.3. The van der Waals surface area contributed by atoms with Crippen molar-refractivity contribution in [3.8, 4) is 11.8 Å². The van der Waals surface area contributed by atoms with Crippen LogP contribution in [0.1, 0.15) is 16.7 Å². The molecule has 0 radical (unpaired) electrons.